The van der Waals surface area contributed by atoms with E-state index in [1.807, 2.05) is 0 Å². The van der Waals surface area contributed by atoms with E-state index in [9.17, 15) is 18.9 Å². The first kappa shape index (κ1) is 13.4. The molecule has 2 aromatic carbocycles. The van der Waals surface area contributed by atoms with Crippen molar-refractivity contribution in [2.24, 2.45) is 0 Å². The average molecular weight is 329 g/mol. The van der Waals surface area contributed by atoms with Crippen LogP contribution in [0.25, 0.3) is 0 Å². The molecule has 4 nitrogen and oxygen atoms in total. The highest BCUT2D eigenvalue weighted by atomic mass is 79.9. The predicted octanol–water partition coefficient (Wildman–Crippen LogP) is 4.38. The number of nitrogens with zero attached hydrogens (tertiary/aromatic N) is 1. The van der Waals surface area contributed by atoms with Crippen molar-refractivity contribution < 1.29 is 13.7 Å². The van der Waals surface area contributed by atoms with Crippen LogP contribution in [0.5, 0.6) is 0 Å². The molecule has 7 heteroatoms. The van der Waals surface area contributed by atoms with E-state index in [-0.39, 0.29) is 17.1 Å². The van der Waals surface area contributed by atoms with Crippen LogP contribution in [0, 0.1) is 21.7 Å². The Balaban J connectivity index is 2.40. The number of nitro benzene ring substituents is 1. The van der Waals surface area contributed by atoms with E-state index in [1.165, 1.54) is 18.2 Å². The van der Waals surface area contributed by atoms with E-state index in [1.54, 1.807) is 6.07 Å². The van der Waals surface area contributed by atoms with Gasteiger partial charge < -0.3 is 5.32 Å². The zero-order valence-corrected chi connectivity index (χ0v) is 10.9. The summed E-state index contributed by atoms with van der Waals surface area (Å²) in [6, 6.07) is 7.26. The van der Waals surface area contributed by atoms with Crippen molar-refractivity contribution in [2.75, 3.05) is 5.32 Å². The lowest BCUT2D eigenvalue weighted by Crippen LogP contribution is -1.99. The zero-order chi connectivity index (χ0) is 14.0. The van der Waals surface area contributed by atoms with Gasteiger partial charge in [-0.05, 0) is 24.3 Å². The molecule has 0 aliphatic carbocycles. The number of rotatable bonds is 3. The molecule has 0 radical (unpaired) electrons. The molecule has 0 aliphatic rings. The summed E-state index contributed by atoms with van der Waals surface area (Å²) in [4.78, 5) is 10.3. The molecule has 0 bridgehead atoms. The van der Waals surface area contributed by atoms with Gasteiger partial charge in [-0.15, -0.1) is 0 Å². The molecular weight excluding hydrogens is 322 g/mol. The minimum atomic E-state index is -0.822. The van der Waals surface area contributed by atoms with E-state index in [0.717, 1.165) is 6.07 Å². The number of nitro groups is 1. The molecule has 0 saturated heterocycles. The first-order valence-electron chi connectivity index (χ1n) is 5.13. The largest absolute Gasteiger partial charge is 0.348 e. The first-order valence-corrected chi connectivity index (χ1v) is 5.92. The molecule has 0 saturated carbocycles. The van der Waals surface area contributed by atoms with E-state index < -0.39 is 16.6 Å². The van der Waals surface area contributed by atoms with Gasteiger partial charge in [0.1, 0.15) is 17.3 Å². The van der Waals surface area contributed by atoms with Gasteiger partial charge in [0, 0.05) is 16.6 Å². The quantitative estimate of drug-likeness (QED) is 0.672. The van der Waals surface area contributed by atoms with Crippen LogP contribution in [-0.2, 0) is 0 Å². The van der Waals surface area contributed by atoms with Crippen LogP contribution in [0.4, 0.5) is 25.8 Å². The number of halogens is 3. The lowest BCUT2D eigenvalue weighted by Gasteiger charge is -2.08. The molecule has 2 aromatic rings. The fraction of sp³-hybridized carbons (Fsp3) is 0. The summed E-state index contributed by atoms with van der Waals surface area (Å²) in [7, 11) is 0. The summed E-state index contributed by atoms with van der Waals surface area (Å²) in [6.07, 6.45) is 0. The Morgan fingerprint density at radius 1 is 1.11 bits per heavy atom. The van der Waals surface area contributed by atoms with Crippen molar-refractivity contribution in [2.45, 2.75) is 0 Å². The molecule has 2 rings (SSSR count). The average Bonchev–Trinajstić information content (AvgIpc) is 2.34. The summed E-state index contributed by atoms with van der Waals surface area (Å²) in [5.41, 5.74) is -0.122. The molecule has 0 fully saturated rings. The molecule has 0 spiro atoms. The molecule has 0 heterocycles. The molecule has 0 unspecified atom stereocenters. The van der Waals surface area contributed by atoms with Crippen LogP contribution < -0.4 is 5.32 Å². The van der Waals surface area contributed by atoms with Gasteiger partial charge in [0.2, 0.25) is 0 Å². The lowest BCUT2D eigenvalue weighted by molar-refractivity contribution is -0.384. The van der Waals surface area contributed by atoms with E-state index in [0.29, 0.717) is 10.5 Å². The molecule has 1 N–H and O–H groups in total. The predicted molar refractivity (Wildman–Crippen MR) is 70.4 cm³/mol. The second-order valence-corrected chi connectivity index (χ2v) is 4.58. The topological polar surface area (TPSA) is 55.2 Å². The minimum absolute atomic E-state index is 0.0353. The highest BCUT2D eigenvalue weighted by Crippen LogP contribution is 2.31. The number of anilines is 2. The molecule has 0 aromatic heterocycles. The smallest absolute Gasteiger partial charge is 0.293 e. The van der Waals surface area contributed by atoms with Crippen molar-refractivity contribution in [3.8, 4) is 0 Å². The van der Waals surface area contributed by atoms with Crippen LogP contribution in [0.1, 0.15) is 0 Å². The summed E-state index contributed by atoms with van der Waals surface area (Å²) in [6.45, 7) is 0. The third-order valence-corrected chi connectivity index (χ3v) is 2.85. The number of nitrogens with one attached hydrogen (secondary N) is 1. The van der Waals surface area contributed by atoms with Gasteiger partial charge in [-0.1, -0.05) is 15.9 Å². The maximum absolute atomic E-state index is 13.5. The number of benzene rings is 2. The summed E-state index contributed by atoms with van der Waals surface area (Å²) in [5.74, 6) is -1.54. The van der Waals surface area contributed by atoms with E-state index >= 15 is 0 Å². The van der Waals surface area contributed by atoms with Crippen LogP contribution in [0.3, 0.4) is 0 Å². The van der Waals surface area contributed by atoms with Crippen molar-refractivity contribution in [1.29, 1.82) is 0 Å². The maximum atomic E-state index is 13.5. The van der Waals surface area contributed by atoms with E-state index in [4.69, 9.17) is 0 Å². The van der Waals surface area contributed by atoms with Gasteiger partial charge in [0.15, 0.2) is 0 Å². The van der Waals surface area contributed by atoms with Crippen molar-refractivity contribution >= 4 is 33.0 Å². The molecule has 0 aliphatic heterocycles. The fourth-order valence-corrected chi connectivity index (χ4v) is 1.85. The van der Waals surface area contributed by atoms with Gasteiger partial charge in [0.05, 0.1) is 10.6 Å². The van der Waals surface area contributed by atoms with Gasteiger partial charge in [-0.25, -0.2) is 8.78 Å². The Bertz CT molecular complexity index is 650. The Kier molecular flexibility index (Phi) is 3.75. The normalized spacial score (nSPS) is 10.3. The monoisotopic (exact) mass is 328 g/mol. The van der Waals surface area contributed by atoms with Crippen LogP contribution in [0.2, 0.25) is 0 Å². The van der Waals surface area contributed by atoms with Crippen molar-refractivity contribution in [3.05, 3.63) is 62.6 Å². The van der Waals surface area contributed by atoms with Crippen LogP contribution in [0.15, 0.2) is 40.9 Å². The second kappa shape index (κ2) is 5.31. The van der Waals surface area contributed by atoms with Gasteiger partial charge in [-0.3, -0.25) is 10.1 Å². The van der Waals surface area contributed by atoms with Gasteiger partial charge in [0.25, 0.3) is 5.69 Å². The number of hydrogen-bond donors (Lipinski definition) is 1. The van der Waals surface area contributed by atoms with Crippen LogP contribution >= 0.6 is 15.9 Å². The minimum Gasteiger partial charge on any atom is -0.348 e. The van der Waals surface area contributed by atoms with E-state index in [2.05, 4.69) is 21.2 Å². The highest BCUT2D eigenvalue weighted by Gasteiger charge is 2.15. The Hall–Kier alpha value is -2.02. The fourth-order valence-electron chi connectivity index (χ4n) is 1.50. The molecule has 19 heavy (non-hydrogen) atoms. The van der Waals surface area contributed by atoms with Crippen LogP contribution in [-0.4, -0.2) is 4.92 Å². The molecule has 0 amide bonds. The first-order chi connectivity index (χ1) is 8.97. The summed E-state index contributed by atoms with van der Waals surface area (Å²) >= 11 is 3.12. The maximum Gasteiger partial charge on any atom is 0.293 e. The summed E-state index contributed by atoms with van der Waals surface area (Å²) < 4.78 is 26.8. The SMILES string of the molecule is O=[N+]([O-])c1cc(Br)ccc1Nc1ccc(F)cc1F. The second-order valence-electron chi connectivity index (χ2n) is 3.67. The third-order valence-electron chi connectivity index (χ3n) is 2.36. The highest BCUT2D eigenvalue weighted by molar-refractivity contribution is 9.10. The molecule has 0 atom stereocenters. The Morgan fingerprint density at radius 2 is 1.79 bits per heavy atom. The third kappa shape index (κ3) is 3.05. The Morgan fingerprint density at radius 3 is 2.42 bits per heavy atom. The Labute approximate surface area is 115 Å². The summed E-state index contributed by atoms with van der Waals surface area (Å²) in [5, 5.41) is 13.5. The van der Waals surface area contributed by atoms with Gasteiger partial charge in [-0.2, -0.15) is 0 Å². The lowest BCUT2D eigenvalue weighted by atomic mass is 10.2. The zero-order valence-electron chi connectivity index (χ0n) is 9.36. The van der Waals surface area contributed by atoms with Crippen molar-refractivity contribution in [1.82, 2.24) is 0 Å². The molecular formula is C12H7BrF2N2O2. The standard InChI is InChI=1S/C12H7BrF2N2O2/c13-7-1-3-11(12(5-7)17(18)19)16-10-4-2-8(14)6-9(10)15/h1-6,16H. The molecule has 98 valence electrons. The van der Waals surface area contributed by atoms with Gasteiger partial charge >= 0.3 is 0 Å². The number of hydrogen-bond acceptors (Lipinski definition) is 3. The van der Waals surface area contributed by atoms with Crippen molar-refractivity contribution in [3.63, 3.8) is 0 Å².